The van der Waals surface area contributed by atoms with Crippen LogP contribution in [0.25, 0.3) is 0 Å². The maximum absolute atomic E-state index is 13.3. The van der Waals surface area contributed by atoms with Gasteiger partial charge in [0.05, 0.1) is 5.71 Å². The first-order chi connectivity index (χ1) is 19.3. The number of carbonyl (C=O) groups is 3. The molecule has 2 aromatic rings. The Morgan fingerprint density at radius 3 is 2.10 bits per heavy atom. The van der Waals surface area contributed by atoms with Gasteiger partial charge in [-0.3, -0.25) is 14.4 Å². The van der Waals surface area contributed by atoms with Gasteiger partial charge in [-0.2, -0.15) is 0 Å². The van der Waals surface area contributed by atoms with Crippen molar-refractivity contribution in [3.8, 4) is 0 Å². The molecular formula is C32H35N5O3. The molecule has 40 heavy (non-hydrogen) atoms. The summed E-state index contributed by atoms with van der Waals surface area (Å²) in [6.45, 7) is 0. The summed E-state index contributed by atoms with van der Waals surface area (Å²) in [5.74, 6) is -0.896. The molecule has 0 aromatic heterocycles. The third kappa shape index (κ3) is 5.91. The van der Waals surface area contributed by atoms with Gasteiger partial charge in [0.2, 0.25) is 11.8 Å². The van der Waals surface area contributed by atoms with E-state index in [1.165, 1.54) is 6.42 Å². The summed E-state index contributed by atoms with van der Waals surface area (Å²) < 4.78 is 0. The summed E-state index contributed by atoms with van der Waals surface area (Å²) in [4.78, 5) is 37.8. The molecule has 3 aliphatic rings. The van der Waals surface area contributed by atoms with Crippen molar-refractivity contribution in [1.29, 1.82) is 5.41 Å². The van der Waals surface area contributed by atoms with E-state index in [1.807, 2.05) is 36.4 Å². The van der Waals surface area contributed by atoms with Crippen molar-refractivity contribution in [2.24, 2.45) is 11.7 Å². The van der Waals surface area contributed by atoms with E-state index in [0.29, 0.717) is 35.6 Å². The smallest absolute Gasteiger partial charge is 0.252 e. The van der Waals surface area contributed by atoms with Crippen LogP contribution in [0.3, 0.4) is 0 Å². The SMILES string of the molecule is N=C1C=C(C(=O)NC2(C(=O)Nc3ccc(C(N)=O)cc3)CCC2)C=C/C1=C(/Nc1ccccc1)C1CCCCC1. The van der Waals surface area contributed by atoms with Crippen LogP contribution in [0.15, 0.2) is 89.7 Å². The Morgan fingerprint density at radius 1 is 0.825 bits per heavy atom. The molecule has 0 spiro atoms. The second-order valence-electron chi connectivity index (χ2n) is 10.8. The minimum absolute atomic E-state index is 0.276. The summed E-state index contributed by atoms with van der Waals surface area (Å²) in [6, 6.07) is 16.3. The Hall–Kier alpha value is -4.46. The molecule has 8 nitrogen and oxygen atoms in total. The molecule has 206 valence electrons. The second kappa shape index (κ2) is 11.7. The number of amides is 3. The molecule has 6 N–H and O–H groups in total. The van der Waals surface area contributed by atoms with Crippen LogP contribution in [0, 0.1) is 11.3 Å². The van der Waals surface area contributed by atoms with E-state index in [1.54, 1.807) is 36.4 Å². The van der Waals surface area contributed by atoms with Crippen LogP contribution in [-0.4, -0.2) is 29.0 Å². The molecule has 2 fully saturated rings. The van der Waals surface area contributed by atoms with E-state index >= 15 is 0 Å². The van der Waals surface area contributed by atoms with Gasteiger partial charge in [-0.05, 0) is 86.6 Å². The van der Waals surface area contributed by atoms with Gasteiger partial charge in [-0.25, -0.2) is 0 Å². The quantitative estimate of drug-likeness (QED) is 0.315. The van der Waals surface area contributed by atoms with Crippen LogP contribution in [0.5, 0.6) is 0 Å². The Morgan fingerprint density at radius 2 is 1.50 bits per heavy atom. The molecule has 2 aromatic carbocycles. The summed E-state index contributed by atoms with van der Waals surface area (Å²) in [5, 5.41) is 18.2. The molecule has 3 amide bonds. The van der Waals surface area contributed by atoms with Crippen LogP contribution in [-0.2, 0) is 9.59 Å². The highest BCUT2D eigenvalue weighted by molar-refractivity contribution is 6.16. The van der Waals surface area contributed by atoms with Gasteiger partial charge in [0.25, 0.3) is 5.91 Å². The third-order valence-corrected chi connectivity index (χ3v) is 8.06. The van der Waals surface area contributed by atoms with Gasteiger partial charge in [-0.1, -0.05) is 43.5 Å². The number of hydrogen-bond acceptors (Lipinski definition) is 5. The zero-order valence-corrected chi connectivity index (χ0v) is 22.5. The van der Waals surface area contributed by atoms with Crippen molar-refractivity contribution >= 4 is 34.8 Å². The molecule has 0 unspecified atom stereocenters. The standard InChI is InChI=1S/C32H35N5O3/c33-27-20-23(14-17-26(27)28(21-8-3-1-4-9-21)35-24-10-5-2-6-11-24)30(39)37-32(18-7-19-32)31(40)36-25-15-12-22(13-16-25)29(34)38/h2,5-6,10-17,20-21,33,35H,1,3-4,7-9,18-19H2,(H2,34,38)(H,36,40)(H,37,39)/b28-26-,33-27?. The Bertz CT molecular complexity index is 1400. The highest BCUT2D eigenvalue weighted by Gasteiger charge is 2.45. The molecule has 0 atom stereocenters. The van der Waals surface area contributed by atoms with Gasteiger partial charge in [0.1, 0.15) is 5.54 Å². The lowest BCUT2D eigenvalue weighted by Gasteiger charge is -2.41. The van der Waals surface area contributed by atoms with Crippen molar-refractivity contribution in [3.05, 3.63) is 95.2 Å². The molecule has 3 aliphatic carbocycles. The number of benzene rings is 2. The van der Waals surface area contributed by atoms with E-state index in [4.69, 9.17) is 11.1 Å². The number of rotatable bonds is 8. The number of nitrogens with one attached hydrogen (secondary N) is 4. The average Bonchev–Trinajstić information content (AvgIpc) is 2.95. The molecule has 0 bridgehead atoms. The Balaban J connectivity index is 1.31. The zero-order chi connectivity index (χ0) is 28.1. The van der Waals surface area contributed by atoms with Crippen LogP contribution in [0.1, 0.15) is 61.7 Å². The predicted molar refractivity (Wildman–Crippen MR) is 157 cm³/mol. The number of anilines is 2. The molecular weight excluding hydrogens is 502 g/mol. The number of carbonyl (C=O) groups excluding carboxylic acids is 3. The first-order valence-corrected chi connectivity index (χ1v) is 13.9. The van der Waals surface area contributed by atoms with Crippen molar-refractivity contribution in [3.63, 3.8) is 0 Å². The van der Waals surface area contributed by atoms with Crippen molar-refractivity contribution in [1.82, 2.24) is 5.32 Å². The summed E-state index contributed by atoms with van der Waals surface area (Å²) in [6.07, 6.45) is 12.8. The molecule has 0 radical (unpaired) electrons. The minimum atomic E-state index is -1.02. The summed E-state index contributed by atoms with van der Waals surface area (Å²) in [7, 11) is 0. The first kappa shape index (κ1) is 27.1. The zero-order valence-electron chi connectivity index (χ0n) is 22.5. The number of para-hydroxylation sites is 1. The van der Waals surface area contributed by atoms with E-state index < -0.39 is 11.4 Å². The molecule has 2 saturated carbocycles. The van der Waals surface area contributed by atoms with Crippen molar-refractivity contribution < 1.29 is 14.4 Å². The number of primary amides is 1. The average molecular weight is 538 g/mol. The van der Waals surface area contributed by atoms with Gasteiger partial charge < -0.3 is 27.1 Å². The largest absolute Gasteiger partial charge is 0.366 e. The lowest BCUT2D eigenvalue weighted by molar-refractivity contribution is -0.131. The molecule has 5 rings (SSSR count). The van der Waals surface area contributed by atoms with E-state index in [0.717, 1.165) is 49.1 Å². The Labute approximate surface area is 234 Å². The fourth-order valence-corrected chi connectivity index (χ4v) is 5.58. The lowest BCUT2D eigenvalue weighted by Crippen LogP contribution is -2.61. The normalized spacial score (nSPS) is 19.6. The van der Waals surface area contributed by atoms with Crippen molar-refractivity contribution in [2.75, 3.05) is 10.6 Å². The topological polar surface area (TPSA) is 137 Å². The predicted octanol–water partition coefficient (Wildman–Crippen LogP) is 5.23. The van der Waals surface area contributed by atoms with Gasteiger partial charge in [0, 0.05) is 33.8 Å². The van der Waals surface area contributed by atoms with E-state index in [2.05, 4.69) is 16.0 Å². The highest BCUT2D eigenvalue weighted by atomic mass is 16.2. The number of hydrogen-bond donors (Lipinski definition) is 5. The molecule has 0 aliphatic heterocycles. The number of allylic oxidation sites excluding steroid dienone is 4. The molecule has 8 heteroatoms. The van der Waals surface area contributed by atoms with Crippen LogP contribution in [0.4, 0.5) is 11.4 Å². The fourth-order valence-electron chi connectivity index (χ4n) is 5.58. The van der Waals surface area contributed by atoms with Gasteiger partial charge in [0.15, 0.2) is 0 Å². The van der Waals surface area contributed by atoms with E-state index in [9.17, 15) is 14.4 Å². The second-order valence-corrected chi connectivity index (χ2v) is 10.8. The van der Waals surface area contributed by atoms with Crippen LogP contribution in [0.2, 0.25) is 0 Å². The molecule has 0 heterocycles. The van der Waals surface area contributed by atoms with Gasteiger partial charge in [-0.15, -0.1) is 0 Å². The third-order valence-electron chi connectivity index (χ3n) is 8.06. The summed E-state index contributed by atoms with van der Waals surface area (Å²) >= 11 is 0. The maximum Gasteiger partial charge on any atom is 0.252 e. The van der Waals surface area contributed by atoms with E-state index in [-0.39, 0.29) is 17.5 Å². The molecule has 0 saturated heterocycles. The number of nitrogens with two attached hydrogens (primary N) is 1. The maximum atomic E-state index is 13.3. The highest BCUT2D eigenvalue weighted by Crippen LogP contribution is 2.35. The van der Waals surface area contributed by atoms with Gasteiger partial charge >= 0.3 is 0 Å². The lowest BCUT2D eigenvalue weighted by atomic mass is 9.75. The van der Waals surface area contributed by atoms with Crippen molar-refractivity contribution in [2.45, 2.75) is 56.9 Å². The Kier molecular flexibility index (Phi) is 7.96. The first-order valence-electron chi connectivity index (χ1n) is 13.9. The van der Waals surface area contributed by atoms with Crippen LogP contribution >= 0.6 is 0 Å². The van der Waals surface area contributed by atoms with Crippen LogP contribution < -0.4 is 21.7 Å². The fraction of sp³-hybridized carbons (Fsp3) is 0.312. The minimum Gasteiger partial charge on any atom is -0.366 e. The monoisotopic (exact) mass is 537 g/mol. The summed E-state index contributed by atoms with van der Waals surface area (Å²) in [5.41, 5.74) is 8.57.